The summed E-state index contributed by atoms with van der Waals surface area (Å²) in [5.41, 5.74) is 0.965. The molecular weight excluding hydrogens is 228 g/mol. The molecule has 0 unspecified atom stereocenters. The molecule has 0 spiro atoms. The van der Waals surface area contributed by atoms with Crippen molar-refractivity contribution in [3.05, 3.63) is 23.8 Å². The van der Waals surface area contributed by atoms with Crippen molar-refractivity contribution < 1.29 is 9.84 Å². The lowest BCUT2D eigenvalue weighted by Crippen LogP contribution is -2.42. The minimum absolute atomic E-state index is 0.581. The third-order valence-corrected chi connectivity index (χ3v) is 3.51. The predicted octanol–water partition coefficient (Wildman–Crippen LogP) is 1.92. The van der Waals surface area contributed by atoms with Crippen LogP contribution in [0.1, 0.15) is 25.3 Å². The molecule has 0 radical (unpaired) electrons. The number of ether oxygens (including phenoxy) is 1. The Hall–Kier alpha value is -1.73. The third kappa shape index (κ3) is 2.57. The monoisotopic (exact) mass is 246 g/mol. The van der Waals surface area contributed by atoms with E-state index < -0.39 is 5.60 Å². The van der Waals surface area contributed by atoms with Crippen LogP contribution in [-0.2, 0) is 0 Å². The van der Waals surface area contributed by atoms with Crippen LogP contribution in [0.15, 0.2) is 18.2 Å². The van der Waals surface area contributed by atoms with Gasteiger partial charge in [0.25, 0.3) is 0 Å². The standard InChI is InChI=1S/C14H18N2O2/c1-14(17)5-7-16(8-6-14)13-9-12(18-2)4-3-11(13)10-15/h3-4,9,17H,5-8H2,1-2H3. The minimum atomic E-state index is -0.581. The van der Waals surface area contributed by atoms with Crippen LogP contribution in [0.25, 0.3) is 0 Å². The fourth-order valence-electron chi connectivity index (χ4n) is 2.22. The van der Waals surface area contributed by atoms with Crippen LogP contribution >= 0.6 is 0 Å². The fraction of sp³-hybridized carbons (Fsp3) is 0.500. The lowest BCUT2D eigenvalue weighted by Gasteiger charge is -2.37. The molecule has 1 N–H and O–H groups in total. The summed E-state index contributed by atoms with van der Waals surface area (Å²) in [6.45, 7) is 3.38. The Morgan fingerprint density at radius 3 is 2.61 bits per heavy atom. The lowest BCUT2D eigenvalue weighted by molar-refractivity contribution is 0.0351. The van der Waals surface area contributed by atoms with Gasteiger partial charge >= 0.3 is 0 Å². The zero-order valence-corrected chi connectivity index (χ0v) is 10.8. The Balaban J connectivity index is 2.25. The molecule has 1 aliphatic heterocycles. The molecule has 1 aliphatic rings. The molecule has 18 heavy (non-hydrogen) atoms. The van der Waals surface area contributed by atoms with Gasteiger partial charge in [-0.15, -0.1) is 0 Å². The van der Waals surface area contributed by atoms with E-state index in [4.69, 9.17) is 10.00 Å². The molecule has 1 aromatic carbocycles. The second-order valence-corrected chi connectivity index (χ2v) is 4.98. The van der Waals surface area contributed by atoms with Crippen molar-refractivity contribution in [2.24, 2.45) is 0 Å². The van der Waals surface area contributed by atoms with Gasteiger partial charge in [-0.3, -0.25) is 0 Å². The lowest BCUT2D eigenvalue weighted by atomic mass is 9.93. The first-order valence-electron chi connectivity index (χ1n) is 6.11. The molecule has 4 nitrogen and oxygen atoms in total. The molecule has 0 bridgehead atoms. The molecule has 2 rings (SSSR count). The van der Waals surface area contributed by atoms with Gasteiger partial charge in [0.1, 0.15) is 11.8 Å². The van der Waals surface area contributed by atoms with E-state index in [0.717, 1.165) is 37.4 Å². The maximum Gasteiger partial charge on any atom is 0.121 e. The summed E-state index contributed by atoms with van der Waals surface area (Å²) in [5, 5.41) is 19.1. The average molecular weight is 246 g/mol. The zero-order valence-electron chi connectivity index (χ0n) is 10.8. The Kier molecular flexibility index (Phi) is 3.44. The molecular formula is C14H18N2O2. The molecule has 0 atom stereocenters. The minimum Gasteiger partial charge on any atom is -0.497 e. The first kappa shape index (κ1) is 12.7. The highest BCUT2D eigenvalue weighted by Gasteiger charge is 2.28. The maximum atomic E-state index is 9.95. The maximum absolute atomic E-state index is 9.95. The molecule has 0 amide bonds. The van der Waals surface area contributed by atoms with E-state index in [1.54, 1.807) is 19.2 Å². The molecule has 1 aromatic rings. The number of nitrogens with zero attached hydrogens (tertiary/aromatic N) is 2. The number of nitriles is 1. The summed E-state index contributed by atoms with van der Waals surface area (Å²) in [5.74, 6) is 0.751. The Morgan fingerprint density at radius 2 is 2.06 bits per heavy atom. The molecule has 1 saturated heterocycles. The zero-order chi connectivity index (χ0) is 13.2. The van der Waals surface area contributed by atoms with Gasteiger partial charge in [-0.05, 0) is 31.9 Å². The van der Waals surface area contributed by atoms with E-state index in [9.17, 15) is 5.11 Å². The van der Waals surface area contributed by atoms with Gasteiger partial charge in [-0.25, -0.2) is 0 Å². The summed E-state index contributed by atoms with van der Waals surface area (Å²) in [6.07, 6.45) is 1.43. The molecule has 1 heterocycles. The Morgan fingerprint density at radius 1 is 1.39 bits per heavy atom. The summed E-state index contributed by atoms with van der Waals surface area (Å²) >= 11 is 0. The topological polar surface area (TPSA) is 56.5 Å². The van der Waals surface area contributed by atoms with Crippen LogP contribution in [0, 0.1) is 11.3 Å². The van der Waals surface area contributed by atoms with Crippen molar-refractivity contribution in [1.29, 1.82) is 5.26 Å². The van der Waals surface area contributed by atoms with Crippen LogP contribution in [0.3, 0.4) is 0 Å². The van der Waals surface area contributed by atoms with E-state index in [1.165, 1.54) is 0 Å². The van der Waals surface area contributed by atoms with Crippen LogP contribution in [0.4, 0.5) is 5.69 Å². The largest absolute Gasteiger partial charge is 0.497 e. The van der Waals surface area contributed by atoms with E-state index >= 15 is 0 Å². The van der Waals surface area contributed by atoms with E-state index in [2.05, 4.69) is 11.0 Å². The van der Waals surface area contributed by atoms with Crippen LogP contribution in [0.2, 0.25) is 0 Å². The van der Waals surface area contributed by atoms with E-state index in [1.807, 2.05) is 13.0 Å². The smallest absolute Gasteiger partial charge is 0.121 e. The summed E-state index contributed by atoms with van der Waals surface area (Å²) < 4.78 is 5.20. The van der Waals surface area contributed by atoms with Crippen LogP contribution < -0.4 is 9.64 Å². The Labute approximate surface area is 107 Å². The number of hydrogen-bond acceptors (Lipinski definition) is 4. The highest BCUT2D eigenvalue weighted by atomic mass is 16.5. The second-order valence-electron chi connectivity index (χ2n) is 4.98. The Bertz CT molecular complexity index is 467. The summed E-state index contributed by atoms with van der Waals surface area (Å²) in [7, 11) is 1.62. The van der Waals surface area contributed by atoms with Crippen molar-refractivity contribution in [3.63, 3.8) is 0 Å². The summed E-state index contributed by atoms with van der Waals surface area (Å²) in [6, 6.07) is 7.67. The number of benzene rings is 1. The van der Waals surface area contributed by atoms with Gasteiger partial charge in [0, 0.05) is 19.2 Å². The van der Waals surface area contributed by atoms with Gasteiger partial charge < -0.3 is 14.7 Å². The SMILES string of the molecule is COc1ccc(C#N)c(N2CCC(C)(O)CC2)c1. The van der Waals surface area contributed by atoms with Crippen molar-refractivity contribution in [2.75, 3.05) is 25.1 Å². The van der Waals surface area contributed by atoms with Crippen molar-refractivity contribution in [1.82, 2.24) is 0 Å². The normalized spacial score (nSPS) is 18.2. The number of piperidine rings is 1. The van der Waals surface area contributed by atoms with Gasteiger partial charge in [-0.1, -0.05) is 0 Å². The molecule has 0 saturated carbocycles. The van der Waals surface area contributed by atoms with Crippen LogP contribution in [-0.4, -0.2) is 30.9 Å². The molecule has 0 aliphatic carbocycles. The van der Waals surface area contributed by atoms with Gasteiger partial charge in [-0.2, -0.15) is 5.26 Å². The first-order chi connectivity index (χ1) is 8.55. The number of rotatable bonds is 2. The number of methoxy groups -OCH3 is 1. The van der Waals surface area contributed by atoms with Crippen molar-refractivity contribution in [2.45, 2.75) is 25.4 Å². The summed E-state index contributed by atoms with van der Waals surface area (Å²) in [4.78, 5) is 2.14. The number of hydrogen-bond donors (Lipinski definition) is 1. The van der Waals surface area contributed by atoms with E-state index in [0.29, 0.717) is 5.56 Å². The van der Waals surface area contributed by atoms with Crippen molar-refractivity contribution >= 4 is 5.69 Å². The van der Waals surface area contributed by atoms with Gasteiger partial charge in [0.15, 0.2) is 0 Å². The van der Waals surface area contributed by atoms with Crippen molar-refractivity contribution in [3.8, 4) is 11.8 Å². The third-order valence-electron chi connectivity index (χ3n) is 3.51. The highest BCUT2D eigenvalue weighted by molar-refractivity contribution is 5.62. The molecule has 0 aromatic heterocycles. The van der Waals surface area contributed by atoms with Crippen LogP contribution in [0.5, 0.6) is 5.75 Å². The molecule has 1 fully saturated rings. The first-order valence-corrected chi connectivity index (χ1v) is 6.11. The van der Waals surface area contributed by atoms with E-state index in [-0.39, 0.29) is 0 Å². The fourth-order valence-corrected chi connectivity index (χ4v) is 2.22. The quantitative estimate of drug-likeness (QED) is 0.866. The number of anilines is 1. The molecule has 96 valence electrons. The van der Waals surface area contributed by atoms with Gasteiger partial charge in [0.05, 0.1) is 24.0 Å². The molecule has 4 heteroatoms. The average Bonchev–Trinajstić information content (AvgIpc) is 2.38. The van der Waals surface area contributed by atoms with Gasteiger partial charge in [0.2, 0.25) is 0 Å². The predicted molar refractivity (Wildman–Crippen MR) is 69.8 cm³/mol. The number of aliphatic hydroxyl groups is 1. The highest BCUT2D eigenvalue weighted by Crippen LogP contribution is 2.30. The second kappa shape index (κ2) is 4.87.